The minimum atomic E-state index is 0. The van der Waals surface area contributed by atoms with Gasteiger partial charge < -0.3 is 14.4 Å². The van der Waals surface area contributed by atoms with Crippen LogP contribution >= 0.6 is 0 Å². The Kier molecular flexibility index (Phi) is 340. The van der Waals surface area contributed by atoms with Crippen LogP contribution in [0, 0.1) is 21.3 Å². The first-order chi connectivity index (χ1) is 1.00. The summed E-state index contributed by atoms with van der Waals surface area (Å²) in [6, 6.07) is 0. The summed E-state index contributed by atoms with van der Waals surface area (Å²) in [7, 11) is 0. The standard InChI is InChI=1S/C2H3.CH3.5Y/c1-2;;;;;;/h1H,2H2;1H3;;;;;/q2*-1;;;;;. The van der Waals surface area contributed by atoms with Crippen molar-refractivity contribution in [3.63, 3.8) is 0 Å². The van der Waals surface area contributed by atoms with E-state index < -0.39 is 0 Å². The smallest absolute Gasteiger partial charge is 0 e. The molecule has 0 fully saturated rings. The fraction of sp³-hybridized carbons (Fsp3) is 0. The average molecular weight is 487 g/mol. The Morgan fingerprint density at radius 1 is 0.625 bits per heavy atom. The summed E-state index contributed by atoms with van der Waals surface area (Å²) < 4.78 is 0. The van der Waals surface area contributed by atoms with Crippen molar-refractivity contribution in [2.45, 2.75) is 0 Å². The minimum Gasteiger partial charge on any atom is -0.358 e. The van der Waals surface area contributed by atoms with E-state index in [4.69, 9.17) is 0 Å². The third-order valence-corrected chi connectivity index (χ3v) is 0. The SMILES string of the molecule is [CH3-].[CH][CH2-].[Y].[Y].[Y].[Y].[Y]. The van der Waals surface area contributed by atoms with Gasteiger partial charge in [0.05, 0.1) is 0 Å². The Labute approximate surface area is 179 Å². The molecule has 0 aromatic rings. The van der Waals surface area contributed by atoms with Gasteiger partial charge in [0.1, 0.15) is 0 Å². The van der Waals surface area contributed by atoms with Crippen LogP contribution in [0.1, 0.15) is 0 Å². The normalized spacial score (nSPS) is 0.750. The van der Waals surface area contributed by atoms with E-state index in [1.807, 2.05) is 0 Å². The van der Waals surface area contributed by atoms with Crippen LogP contribution in [0.15, 0.2) is 0 Å². The molecule has 0 saturated carbocycles. The molecule has 0 aromatic heterocycles. The first-order valence-corrected chi connectivity index (χ1v) is 0.408. The zero-order chi connectivity index (χ0) is 2.00. The maximum absolute atomic E-state index is 4.25. The van der Waals surface area contributed by atoms with Crippen LogP contribution in [0.5, 0.6) is 0 Å². The van der Waals surface area contributed by atoms with Crippen LogP contribution in [-0.4, -0.2) is 0 Å². The van der Waals surface area contributed by atoms with Crippen LogP contribution in [0.2, 0.25) is 0 Å². The topological polar surface area (TPSA) is 0 Å². The van der Waals surface area contributed by atoms with Gasteiger partial charge in [0, 0.05) is 164 Å². The number of hydrogen-bond donors (Lipinski definition) is 0. The molecule has 0 heterocycles. The van der Waals surface area contributed by atoms with Gasteiger partial charge in [0.25, 0.3) is 0 Å². The van der Waals surface area contributed by atoms with Gasteiger partial charge in [0.2, 0.25) is 0 Å². The molecule has 5 heteroatoms. The zero-order valence-electron chi connectivity index (χ0n) is 5.17. The van der Waals surface area contributed by atoms with E-state index in [1.165, 1.54) is 0 Å². The van der Waals surface area contributed by atoms with Crippen molar-refractivity contribution < 1.29 is 164 Å². The summed E-state index contributed by atoms with van der Waals surface area (Å²) in [6.45, 7) is 7.00. The largest absolute Gasteiger partial charge is 0.358 e. The van der Waals surface area contributed by atoms with Gasteiger partial charge >= 0.3 is 0 Å². The van der Waals surface area contributed by atoms with E-state index in [2.05, 4.69) is 13.8 Å². The second-order valence-corrected chi connectivity index (χ2v) is 0. The van der Waals surface area contributed by atoms with Crippen molar-refractivity contribution in [1.82, 2.24) is 0 Å². The van der Waals surface area contributed by atoms with Crippen molar-refractivity contribution in [3.05, 3.63) is 21.3 Å². The molecule has 0 nitrogen and oxygen atoms in total. The Morgan fingerprint density at radius 2 is 0.625 bits per heavy atom. The molecular weight excluding hydrogens is 481 g/mol. The van der Waals surface area contributed by atoms with Crippen molar-refractivity contribution in [3.8, 4) is 0 Å². The van der Waals surface area contributed by atoms with Crippen LogP contribution in [0.3, 0.4) is 0 Å². The van der Waals surface area contributed by atoms with Crippen LogP contribution in [0.4, 0.5) is 0 Å². The Morgan fingerprint density at radius 3 is 0.625 bits per heavy atom. The minimum absolute atomic E-state index is 0. The molecule has 0 aliphatic rings. The number of hydrogen-bond acceptors (Lipinski definition) is 0. The molecule has 0 aliphatic heterocycles. The summed E-state index contributed by atoms with van der Waals surface area (Å²) in [5.74, 6) is 0. The van der Waals surface area contributed by atoms with Crippen LogP contribution in [-0.2, 0) is 164 Å². The monoisotopic (exact) mass is 487 g/mol. The van der Waals surface area contributed by atoms with E-state index in [0.717, 1.165) is 0 Å². The summed E-state index contributed by atoms with van der Waals surface area (Å²) in [5.41, 5.74) is 0. The molecule has 0 spiro atoms. The fourth-order valence-electron chi connectivity index (χ4n) is 0. The van der Waals surface area contributed by atoms with Crippen molar-refractivity contribution in [2.75, 3.05) is 0 Å². The zero-order valence-corrected chi connectivity index (χ0v) is 19.4. The molecule has 8 heavy (non-hydrogen) atoms. The maximum atomic E-state index is 4.25. The summed E-state index contributed by atoms with van der Waals surface area (Å²) in [6.07, 6.45) is 0. The second kappa shape index (κ2) is 54.5. The van der Waals surface area contributed by atoms with Crippen molar-refractivity contribution >= 4 is 0 Å². The van der Waals surface area contributed by atoms with Gasteiger partial charge in [-0.3, -0.25) is 0 Å². The average Bonchev–Trinajstić information content (AvgIpc) is 1.00. The summed E-state index contributed by atoms with van der Waals surface area (Å²) >= 11 is 0. The van der Waals surface area contributed by atoms with Gasteiger partial charge in [-0.15, -0.1) is 0 Å². The van der Waals surface area contributed by atoms with E-state index in [9.17, 15) is 0 Å². The van der Waals surface area contributed by atoms with E-state index in [-0.39, 0.29) is 171 Å². The van der Waals surface area contributed by atoms with E-state index in [0.29, 0.717) is 0 Å². The Bertz CT molecular complexity index is 7.64. The third kappa shape index (κ3) is 41.8. The summed E-state index contributed by atoms with van der Waals surface area (Å²) in [4.78, 5) is 0. The van der Waals surface area contributed by atoms with E-state index in [1.54, 1.807) is 0 Å². The first kappa shape index (κ1) is 49.9. The molecule has 0 saturated heterocycles. The molecule has 0 atom stereocenters. The van der Waals surface area contributed by atoms with Gasteiger partial charge in [-0.05, 0) is 0 Å². The first-order valence-electron chi connectivity index (χ1n) is 0.408. The molecule has 0 N–H and O–H groups in total. The Hall–Kier alpha value is 5.52. The molecule has 7 radical (unpaired) electrons. The van der Waals surface area contributed by atoms with Gasteiger partial charge in [0.15, 0.2) is 0 Å². The summed E-state index contributed by atoms with van der Waals surface area (Å²) in [5, 5.41) is 0. The van der Waals surface area contributed by atoms with Crippen molar-refractivity contribution in [2.24, 2.45) is 0 Å². The molecule has 0 bridgehead atoms. The predicted molar refractivity (Wildman–Crippen MR) is 16.1 cm³/mol. The quantitative estimate of drug-likeness (QED) is 0.448. The van der Waals surface area contributed by atoms with Gasteiger partial charge in [-0.2, -0.15) is 0 Å². The van der Waals surface area contributed by atoms with Crippen molar-refractivity contribution in [1.29, 1.82) is 0 Å². The maximum Gasteiger partial charge on any atom is 0 e. The van der Waals surface area contributed by atoms with Crippen LogP contribution < -0.4 is 0 Å². The van der Waals surface area contributed by atoms with Gasteiger partial charge in [-0.25, -0.2) is 6.92 Å². The molecule has 0 unspecified atom stereocenters. The molecule has 0 rings (SSSR count). The molecule has 0 aromatic carbocycles. The molecule has 0 amide bonds. The van der Waals surface area contributed by atoms with E-state index >= 15 is 0 Å². The second-order valence-electron chi connectivity index (χ2n) is 0. The third-order valence-electron chi connectivity index (χ3n) is 0. The predicted octanol–water partition coefficient (Wildman–Crippen LogP) is 0.969. The van der Waals surface area contributed by atoms with Crippen LogP contribution in [0.25, 0.3) is 0 Å². The van der Waals surface area contributed by atoms with Gasteiger partial charge in [-0.1, -0.05) is 0 Å². The molecular formula is C3H6Y5-2. The Balaban J connectivity index is -0.000000000333. The molecule has 0 aliphatic carbocycles. The fourth-order valence-corrected chi connectivity index (χ4v) is 0. The number of rotatable bonds is 0. The molecule has 35 valence electrons.